The average molecular weight is 476 g/mol. The third-order valence-electron chi connectivity index (χ3n) is 5.16. The first kappa shape index (κ1) is 21.7. The molecule has 0 aliphatic rings. The topological polar surface area (TPSA) is 86.4 Å². The molecule has 2 heterocycles. The Kier molecular flexibility index (Phi) is 5.77. The molecule has 5 aromatic rings. The molecule has 170 valence electrons. The number of aromatic nitrogens is 2. The Bertz CT molecular complexity index is 1580. The van der Waals surface area contributed by atoms with Crippen molar-refractivity contribution >= 4 is 45.4 Å². The van der Waals surface area contributed by atoms with Crippen molar-refractivity contribution in [2.45, 2.75) is 5.16 Å². The monoisotopic (exact) mass is 475 g/mol. The van der Waals surface area contributed by atoms with Gasteiger partial charge in [0.05, 0.1) is 18.6 Å². The van der Waals surface area contributed by atoms with Crippen LogP contribution in [-0.4, -0.2) is 28.3 Å². The lowest BCUT2D eigenvalue weighted by atomic mass is 10.2. The summed E-state index contributed by atoms with van der Waals surface area (Å²) in [4.78, 5) is 30.6. The Labute approximate surface area is 197 Å². The number of nitrogens with one attached hydrogen (secondary N) is 1. The number of benzene rings is 3. The van der Waals surface area contributed by atoms with Crippen molar-refractivity contribution in [3.8, 4) is 11.4 Å². The summed E-state index contributed by atoms with van der Waals surface area (Å²) in [6, 6.07) is 19.9. The van der Waals surface area contributed by atoms with Crippen LogP contribution in [0.25, 0.3) is 27.8 Å². The van der Waals surface area contributed by atoms with Crippen molar-refractivity contribution in [3.63, 3.8) is 0 Å². The first-order valence-electron chi connectivity index (χ1n) is 10.3. The highest BCUT2D eigenvalue weighted by Gasteiger charge is 2.21. The van der Waals surface area contributed by atoms with Crippen molar-refractivity contribution in [1.29, 1.82) is 0 Å². The number of methoxy groups -OCH3 is 1. The molecule has 0 bridgehead atoms. The molecule has 0 aliphatic carbocycles. The first-order chi connectivity index (χ1) is 16.5. The normalized spacial score (nSPS) is 11.1. The molecule has 0 saturated heterocycles. The van der Waals surface area contributed by atoms with Crippen molar-refractivity contribution in [2.75, 3.05) is 18.2 Å². The third-order valence-corrected chi connectivity index (χ3v) is 6.10. The van der Waals surface area contributed by atoms with Gasteiger partial charge in [-0.2, -0.15) is 0 Å². The van der Waals surface area contributed by atoms with E-state index in [1.165, 1.54) is 18.2 Å². The van der Waals surface area contributed by atoms with Crippen LogP contribution in [0.4, 0.5) is 10.1 Å². The van der Waals surface area contributed by atoms with E-state index < -0.39 is 11.4 Å². The van der Waals surface area contributed by atoms with Gasteiger partial charge in [0.25, 0.3) is 0 Å². The Hall–Kier alpha value is -4.11. The van der Waals surface area contributed by atoms with Crippen LogP contribution in [0.2, 0.25) is 0 Å². The predicted octanol–water partition coefficient (Wildman–Crippen LogP) is 5.01. The van der Waals surface area contributed by atoms with Crippen LogP contribution in [0.15, 0.2) is 87.2 Å². The fourth-order valence-corrected chi connectivity index (χ4v) is 4.36. The van der Waals surface area contributed by atoms with Crippen LogP contribution in [0.1, 0.15) is 0 Å². The van der Waals surface area contributed by atoms with E-state index in [1.54, 1.807) is 55.6 Å². The van der Waals surface area contributed by atoms with Gasteiger partial charge in [0.15, 0.2) is 5.16 Å². The van der Waals surface area contributed by atoms with Crippen LogP contribution in [0.5, 0.6) is 5.75 Å². The van der Waals surface area contributed by atoms with Crippen molar-refractivity contribution in [3.05, 3.63) is 89.0 Å². The van der Waals surface area contributed by atoms with Crippen LogP contribution in [-0.2, 0) is 4.79 Å². The molecule has 7 nitrogen and oxygen atoms in total. The van der Waals surface area contributed by atoms with Crippen molar-refractivity contribution in [1.82, 2.24) is 9.55 Å². The van der Waals surface area contributed by atoms with Gasteiger partial charge in [-0.15, -0.1) is 0 Å². The van der Waals surface area contributed by atoms with Crippen LogP contribution in [0.3, 0.4) is 0 Å². The minimum atomic E-state index is -0.591. The van der Waals surface area contributed by atoms with Gasteiger partial charge >= 0.3 is 5.56 Å². The maximum atomic E-state index is 14.7. The molecular formula is C25H18FN3O4S. The zero-order chi connectivity index (χ0) is 23.7. The van der Waals surface area contributed by atoms with E-state index in [-0.39, 0.29) is 28.1 Å². The fourth-order valence-electron chi connectivity index (χ4n) is 3.57. The molecule has 0 fully saturated rings. The molecule has 1 N–H and O–H groups in total. The number of carbonyl (C=O) groups excluding carboxylic acids is 1. The van der Waals surface area contributed by atoms with Gasteiger partial charge in [-0.1, -0.05) is 36.0 Å². The van der Waals surface area contributed by atoms with E-state index in [0.717, 1.165) is 16.3 Å². The maximum absolute atomic E-state index is 14.7. The van der Waals surface area contributed by atoms with Gasteiger partial charge < -0.3 is 14.5 Å². The summed E-state index contributed by atoms with van der Waals surface area (Å²) >= 11 is 1.03. The maximum Gasteiger partial charge on any atom is 0.302 e. The number of para-hydroxylation sites is 2. The molecule has 3 aromatic carbocycles. The number of halogens is 1. The zero-order valence-corrected chi connectivity index (χ0v) is 18.8. The second-order valence-corrected chi connectivity index (χ2v) is 8.27. The number of carbonyl (C=O) groups is 1. The van der Waals surface area contributed by atoms with Crippen LogP contribution < -0.4 is 15.6 Å². The average Bonchev–Trinajstić information content (AvgIpc) is 3.23. The summed E-state index contributed by atoms with van der Waals surface area (Å²) in [5, 5.41) is 3.63. The van der Waals surface area contributed by atoms with E-state index >= 15 is 0 Å². The van der Waals surface area contributed by atoms with E-state index in [4.69, 9.17) is 9.15 Å². The molecule has 34 heavy (non-hydrogen) atoms. The lowest BCUT2D eigenvalue weighted by molar-refractivity contribution is -0.113. The minimum absolute atomic E-state index is 0.0245. The first-order valence-corrected chi connectivity index (χ1v) is 11.3. The number of rotatable bonds is 6. The third kappa shape index (κ3) is 4.01. The van der Waals surface area contributed by atoms with E-state index in [0.29, 0.717) is 27.9 Å². The molecule has 0 radical (unpaired) electrons. The lowest BCUT2D eigenvalue weighted by Crippen LogP contribution is -2.23. The number of furan rings is 1. The molecule has 0 atom stereocenters. The molecule has 9 heteroatoms. The van der Waals surface area contributed by atoms with Crippen molar-refractivity contribution in [2.24, 2.45) is 0 Å². The number of anilines is 1. The molecule has 5 rings (SSSR count). The quantitative estimate of drug-likeness (QED) is 0.274. The lowest BCUT2D eigenvalue weighted by Gasteiger charge is -2.12. The van der Waals surface area contributed by atoms with Gasteiger partial charge in [-0.25, -0.2) is 13.9 Å². The second kappa shape index (κ2) is 9.03. The van der Waals surface area contributed by atoms with Crippen molar-refractivity contribution < 1.29 is 18.3 Å². The van der Waals surface area contributed by atoms with Gasteiger partial charge in [0, 0.05) is 11.1 Å². The smallest absolute Gasteiger partial charge is 0.302 e. The number of ether oxygens (including phenoxy) is 1. The van der Waals surface area contributed by atoms with Gasteiger partial charge in [-0.05, 0) is 48.5 Å². The van der Waals surface area contributed by atoms with Gasteiger partial charge in [-0.3, -0.25) is 9.59 Å². The molecule has 0 unspecified atom stereocenters. The van der Waals surface area contributed by atoms with E-state index in [2.05, 4.69) is 10.3 Å². The van der Waals surface area contributed by atoms with E-state index in [1.807, 2.05) is 6.07 Å². The highest BCUT2D eigenvalue weighted by molar-refractivity contribution is 7.99. The summed E-state index contributed by atoms with van der Waals surface area (Å²) in [7, 11) is 1.56. The molecule has 0 aliphatic heterocycles. The van der Waals surface area contributed by atoms with Crippen LogP contribution in [0, 0.1) is 5.82 Å². The van der Waals surface area contributed by atoms with Crippen LogP contribution >= 0.6 is 11.8 Å². The van der Waals surface area contributed by atoms with E-state index in [9.17, 15) is 14.0 Å². The summed E-state index contributed by atoms with van der Waals surface area (Å²) in [6.45, 7) is 0. The summed E-state index contributed by atoms with van der Waals surface area (Å²) in [5.41, 5.74) is 0.969. The molecular weight excluding hydrogens is 457 g/mol. The second-order valence-electron chi connectivity index (χ2n) is 7.33. The number of fused-ring (bicyclic) bond motifs is 3. The summed E-state index contributed by atoms with van der Waals surface area (Å²) in [5.74, 6) is -0.270. The number of hydrogen-bond acceptors (Lipinski definition) is 6. The largest absolute Gasteiger partial charge is 0.497 e. The Balaban J connectivity index is 1.53. The molecule has 0 spiro atoms. The standard InChI is InChI=1S/C25H18FN3O4S/c1-32-16-12-10-15(11-13-16)27-21(30)14-34-25-28-22-17-6-2-5-9-20(17)33-23(22)24(31)29(25)19-8-4-3-7-18(19)26/h2-13H,14H2,1H3,(H,27,30). The zero-order valence-electron chi connectivity index (χ0n) is 17.9. The fraction of sp³-hybridized carbons (Fsp3) is 0.0800. The number of nitrogens with zero attached hydrogens (tertiary/aromatic N) is 2. The molecule has 1 amide bonds. The molecule has 0 saturated carbocycles. The minimum Gasteiger partial charge on any atom is -0.497 e. The predicted molar refractivity (Wildman–Crippen MR) is 129 cm³/mol. The van der Waals surface area contributed by atoms with Gasteiger partial charge in [0.1, 0.15) is 22.7 Å². The Morgan fingerprint density at radius 2 is 1.82 bits per heavy atom. The summed E-state index contributed by atoms with van der Waals surface area (Å²) in [6.07, 6.45) is 0. The number of amides is 1. The highest BCUT2D eigenvalue weighted by atomic mass is 32.2. The Morgan fingerprint density at radius 1 is 1.09 bits per heavy atom. The Morgan fingerprint density at radius 3 is 2.59 bits per heavy atom. The number of thioether (sulfide) groups is 1. The number of hydrogen-bond donors (Lipinski definition) is 1. The van der Waals surface area contributed by atoms with Gasteiger partial charge in [0.2, 0.25) is 11.5 Å². The SMILES string of the molecule is COc1ccc(NC(=O)CSc2nc3c(oc4ccccc43)c(=O)n2-c2ccccc2F)cc1. The molecule has 2 aromatic heterocycles. The highest BCUT2D eigenvalue weighted by Crippen LogP contribution is 2.29. The summed E-state index contributed by atoms with van der Waals surface area (Å²) < 4.78 is 26.7.